The minimum atomic E-state index is -0.0833. The van der Waals surface area contributed by atoms with Crippen molar-refractivity contribution in [1.29, 1.82) is 0 Å². The van der Waals surface area contributed by atoms with Gasteiger partial charge in [-0.05, 0) is 67.9 Å². The van der Waals surface area contributed by atoms with Crippen molar-refractivity contribution in [1.82, 2.24) is 15.3 Å². The van der Waals surface area contributed by atoms with Gasteiger partial charge in [-0.1, -0.05) is 51.3 Å². The Bertz CT molecular complexity index is 1140. The summed E-state index contributed by atoms with van der Waals surface area (Å²) in [6.07, 6.45) is 21.7. The molecule has 7 heteroatoms. The number of hydrogen-bond donors (Lipinski definition) is 1. The summed E-state index contributed by atoms with van der Waals surface area (Å²) in [6, 6.07) is 1.99. The van der Waals surface area contributed by atoms with Crippen molar-refractivity contribution < 1.29 is 9.18 Å². The summed E-state index contributed by atoms with van der Waals surface area (Å²) < 4.78 is 9.50. The average Bonchev–Trinajstić information content (AvgIpc) is 3.20. The van der Waals surface area contributed by atoms with E-state index in [1.807, 2.05) is 37.3 Å². The number of amides is 1. The maximum atomic E-state index is 12.9. The van der Waals surface area contributed by atoms with Crippen LogP contribution in [0.1, 0.15) is 88.2 Å². The lowest BCUT2D eigenvalue weighted by molar-refractivity contribution is 0.0947. The van der Waals surface area contributed by atoms with Crippen molar-refractivity contribution in [2.75, 3.05) is 20.8 Å². The first kappa shape index (κ1) is 33.7. The number of hydrogen-bond acceptors (Lipinski definition) is 5. The summed E-state index contributed by atoms with van der Waals surface area (Å²) in [5.74, 6) is 0.209. The number of alkyl halides is 1. The predicted octanol–water partition coefficient (Wildman–Crippen LogP) is 5.88. The van der Waals surface area contributed by atoms with Gasteiger partial charge < -0.3 is 5.32 Å². The fourth-order valence-corrected chi connectivity index (χ4v) is 4.54. The van der Waals surface area contributed by atoms with Crippen LogP contribution >= 0.6 is 0 Å². The molecule has 3 rings (SSSR count). The average molecular weight is 538 g/mol. The number of nitrogens with zero attached hydrogens (tertiary/aromatic N) is 4. The molecule has 1 aromatic heterocycles. The second kappa shape index (κ2) is 19.7. The molecule has 0 spiro atoms. The Balaban J connectivity index is 0.00000181. The van der Waals surface area contributed by atoms with E-state index in [2.05, 4.69) is 62.0 Å². The molecule has 1 unspecified atom stereocenters. The standard InChI is InChI=1S/C29H41N5O.C2H4.CH3F/c1-5-8-9-10-16-30-29(35)28-19-24(25(12-6-2)26(7-3)33-28)18-22-14-15-27(31-20-22)23-13-11-17-32-34(4)21-23;2*1-2/h7,12,15,17,19-22H,5-6,8-11,13-14,16,18H2,1-4H3,(H,30,35);1-2H2;1H3/b25-12-,26-7+;;. The Morgan fingerprint density at radius 3 is 2.64 bits per heavy atom. The zero-order valence-electron chi connectivity index (χ0n) is 24.7. The lowest BCUT2D eigenvalue weighted by atomic mass is 9.92. The Hall–Kier alpha value is -3.35. The number of allylic oxidation sites excluding steroid dienone is 2. The molecule has 0 fully saturated rings. The SMILES string of the molecule is C/C=c1/nc(C(=O)NCCCCCC)cc(CC2C=NC(C3=CN(C)N=CCC3)=CC2)/c1=C/CC.C=C.CF. The maximum Gasteiger partial charge on any atom is 0.269 e. The summed E-state index contributed by atoms with van der Waals surface area (Å²) in [5, 5.41) is 11.3. The molecule has 2 aliphatic heterocycles. The van der Waals surface area contributed by atoms with E-state index in [1.54, 1.807) is 0 Å². The number of hydrazone groups is 1. The van der Waals surface area contributed by atoms with Crippen LogP contribution in [0.4, 0.5) is 4.39 Å². The van der Waals surface area contributed by atoms with Gasteiger partial charge in [-0.3, -0.25) is 19.2 Å². The quantitative estimate of drug-likeness (QED) is 0.299. The van der Waals surface area contributed by atoms with Gasteiger partial charge in [0.1, 0.15) is 5.69 Å². The molecule has 0 saturated carbocycles. The van der Waals surface area contributed by atoms with Crippen LogP contribution < -0.4 is 15.9 Å². The highest BCUT2D eigenvalue weighted by molar-refractivity contribution is 5.92. The molecule has 0 aromatic carbocycles. The zero-order chi connectivity index (χ0) is 29.0. The first-order valence-corrected chi connectivity index (χ1v) is 14.1. The Morgan fingerprint density at radius 2 is 2.00 bits per heavy atom. The zero-order valence-corrected chi connectivity index (χ0v) is 24.7. The number of carbonyl (C=O) groups is 1. The van der Waals surface area contributed by atoms with Crippen LogP contribution in [0.25, 0.3) is 12.2 Å². The molecular formula is C32H48FN5O. The van der Waals surface area contributed by atoms with Crippen molar-refractivity contribution in [2.45, 2.75) is 78.6 Å². The van der Waals surface area contributed by atoms with Gasteiger partial charge in [0.25, 0.3) is 5.91 Å². The maximum absolute atomic E-state index is 12.9. The number of aromatic nitrogens is 1. The molecule has 1 atom stereocenters. The summed E-state index contributed by atoms with van der Waals surface area (Å²) in [6.45, 7) is 13.0. The fourth-order valence-electron chi connectivity index (χ4n) is 4.54. The van der Waals surface area contributed by atoms with Gasteiger partial charge in [-0.25, -0.2) is 4.98 Å². The first-order valence-electron chi connectivity index (χ1n) is 14.1. The summed E-state index contributed by atoms with van der Waals surface area (Å²) in [4.78, 5) is 22.4. The van der Waals surface area contributed by atoms with Crippen LogP contribution in [-0.4, -0.2) is 49.1 Å². The lowest BCUT2D eigenvalue weighted by Gasteiger charge is -2.18. The molecule has 214 valence electrons. The minimum absolute atomic E-state index is 0.0833. The molecule has 1 amide bonds. The Labute approximate surface area is 234 Å². The molecule has 6 nitrogen and oxygen atoms in total. The van der Waals surface area contributed by atoms with E-state index >= 15 is 0 Å². The fraction of sp³-hybridized carbons (Fsp3) is 0.500. The van der Waals surface area contributed by atoms with Crippen molar-refractivity contribution in [3.63, 3.8) is 0 Å². The van der Waals surface area contributed by atoms with Gasteiger partial charge in [-0.2, -0.15) is 5.10 Å². The van der Waals surface area contributed by atoms with Crippen LogP contribution in [0, 0.1) is 5.92 Å². The molecule has 0 aliphatic carbocycles. The number of aliphatic imine (C=N–C) groups is 1. The molecule has 0 bridgehead atoms. The van der Waals surface area contributed by atoms with Crippen LogP contribution in [0.3, 0.4) is 0 Å². The van der Waals surface area contributed by atoms with Crippen molar-refractivity contribution >= 4 is 30.5 Å². The van der Waals surface area contributed by atoms with E-state index in [4.69, 9.17) is 9.98 Å². The minimum Gasteiger partial charge on any atom is -0.351 e. The van der Waals surface area contributed by atoms with E-state index in [0.717, 1.165) is 61.2 Å². The molecule has 0 saturated heterocycles. The van der Waals surface area contributed by atoms with E-state index in [1.165, 1.54) is 24.0 Å². The molecule has 2 aliphatic rings. The number of halogens is 1. The van der Waals surface area contributed by atoms with Crippen LogP contribution in [-0.2, 0) is 6.42 Å². The largest absolute Gasteiger partial charge is 0.351 e. The highest BCUT2D eigenvalue weighted by Gasteiger charge is 2.17. The van der Waals surface area contributed by atoms with Gasteiger partial charge in [0.15, 0.2) is 0 Å². The number of pyridine rings is 1. The van der Waals surface area contributed by atoms with Gasteiger partial charge in [0, 0.05) is 38.1 Å². The van der Waals surface area contributed by atoms with Gasteiger partial charge in [0.05, 0.1) is 18.2 Å². The monoisotopic (exact) mass is 537 g/mol. The topological polar surface area (TPSA) is 70.0 Å². The summed E-state index contributed by atoms with van der Waals surface area (Å²) in [7, 11) is 2.45. The highest BCUT2D eigenvalue weighted by atomic mass is 19.1. The van der Waals surface area contributed by atoms with Gasteiger partial charge >= 0.3 is 0 Å². The first-order chi connectivity index (χ1) is 19.0. The lowest BCUT2D eigenvalue weighted by Crippen LogP contribution is -2.37. The molecule has 39 heavy (non-hydrogen) atoms. The molecule has 0 radical (unpaired) electrons. The predicted molar refractivity (Wildman–Crippen MR) is 165 cm³/mol. The number of rotatable bonds is 10. The summed E-state index contributed by atoms with van der Waals surface area (Å²) >= 11 is 0. The van der Waals surface area contributed by atoms with E-state index in [-0.39, 0.29) is 5.91 Å². The number of carbonyl (C=O) groups excluding carboxylic acids is 1. The van der Waals surface area contributed by atoms with E-state index < -0.39 is 0 Å². The summed E-state index contributed by atoms with van der Waals surface area (Å²) in [5.41, 5.74) is 3.96. The molecule has 1 aromatic rings. The molecule has 1 N–H and O–H groups in total. The van der Waals surface area contributed by atoms with E-state index in [0.29, 0.717) is 25.3 Å². The Kier molecular flexibility index (Phi) is 17.0. The van der Waals surface area contributed by atoms with Gasteiger partial charge in [-0.15, -0.1) is 13.2 Å². The Morgan fingerprint density at radius 1 is 1.23 bits per heavy atom. The van der Waals surface area contributed by atoms with Crippen LogP contribution in [0.5, 0.6) is 0 Å². The third-order valence-electron chi connectivity index (χ3n) is 6.40. The third kappa shape index (κ3) is 11.1. The van der Waals surface area contributed by atoms with Crippen molar-refractivity contribution in [3.05, 3.63) is 64.6 Å². The highest BCUT2D eigenvalue weighted by Crippen LogP contribution is 2.25. The second-order valence-corrected chi connectivity index (χ2v) is 9.32. The van der Waals surface area contributed by atoms with Gasteiger partial charge in [0.2, 0.25) is 0 Å². The molecule has 3 heterocycles. The van der Waals surface area contributed by atoms with Crippen molar-refractivity contribution in [2.24, 2.45) is 16.0 Å². The molecular weight excluding hydrogens is 489 g/mol. The normalized spacial score (nSPS) is 17.3. The number of unbranched alkanes of at least 4 members (excludes halogenated alkanes) is 3. The van der Waals surface area contributed by atoms with E-state index in [9.17, 15) is 9.18 Å². The van der Waals surface area contributed by atoms with Crippen LogP contribution in [0.2, 0.25) is 0 Å². The number of nitrogens with one attached hydrogen (secondary N) is 1. The third-order valence-corrected chi connectivity index (χ3v) is 6.40. The van der Waals surface area contributed by atoms with Crippen molar-refractivity contribution in [3.8, 4) is 0 Å². The second-order valence-electron chi connectivity index (χ2n) is 9.32. The smallest absolute Gasteiger partial charge is 0.269 e. The van der Waals surface area contributed by atoms with Crippen LogP contribution in [0.15, 0.2) is 52.9 Å².